The normalized spacial score (nSPS) is 11.4. The molecule has 0 saturated heterocycles. The zero-order valence-corrected chi connectivity index (χ0v) is 10.9. The van der Waals surface area contributed by atoms with E-state index in [0.717, 1.165) is 28.1 Å². The molecule has 2 rings (SSSR count). The van der Waals surface area contributed by atoms with E-state index in [9.17, 15) is 0 Å². The predicted octanol–water partition coefficient (Wildman–Crippen LogP) is 2.58. The zero-order chi connectivity index (χ0) is 13.5. The van der Waals surface area contributed by atoms with Gasteiger partial charge < -0.3 is 4.74 Å². The van der Waals surface area contributed by atoms with Crippen LogP contribution in [0, 0.1) is 0 Å². The molecule has 0 amide bonds. The van der Waals surface area contributed by atoms with Gasteiger partial charge in [-0.25, -0.2) is 5.21 Å². The molecule has 0 unspecified atom stereocenters. The lowest BCUT2D eigenvalue weighted by molar-refractivity contribution is -0.850. The zero-order valence-electron chi connectivity index (χ0n) is 10.9. The van der Waals surface area contributed by atoms with Crippen LogP contribution in [-0.4, -0.2) is 5.21 Å². The lowest BCUT2D eigenvalue weighted by Crippen LogP contribution is -2.77. The molecule has 0 bridgehead atoms. The van der Waals surface area contributed by atoms with Gasteiger partial charge in [-0.2, -0.15) is 5.48 Å². The van der Waals surface area contributed by atoms with Crippen LogP contribution in [0.4, 0.5) is 0 Å². The van der Waals surface area contributed by atoms with E-state index in [2.05, 4.69) is 0 Å². The van der Waals surface area contributed by atoms with Crippen molar-refractivity contribution in [1.29, 1.82) is 0 Å². The number of hydrogen-bond donors (Lipinski definition) is 2. The second-order valence-corrected chi connectivity index (χ2v) is 4.36. The molecule has 0 aromatic heterocycles. The number of allylic oxidation sites excluding steroid dienone is 1. The van der Waals surface area contributed by atoms with Crippen molar-refractivity contribution in [3.05, 3.63) is 71.4 Å². The first-order valence-corrected chi connectivity index (χ1v) is 6.20. The fourth-order valence-corrected chi connectivity index (χ4v) is 1.70. The number of nitrogens with two attached hydrogens (primary N) is 1. The van der Waals surface area contributed by atoms with E-state index in [1.54, 1.807) is 0 Å². The molecule has 0 saturated carbocycles. The minimum atomic E-state index is 0.569. The third-order valence-corrected chi connectivity index (χ3v) is 2.73. The molecule has 98 valence electrons. The van der Waals surface area contributed by atoms with Gasteiger partial charge in [-0.05, 0) is 23.3 Å². The van der Waals surface area contributed by atoms with Crippen molar-refractivity contribution in [1.82, 2.24) is 0 Å². The van der Waals surface area contributed by atoms with E-state index in [4.69, 9.17) is 9.94 Å². The third-order valence-electron chi connectivity index (χ3n) is 2.73. The van der Waals surface area contributed by atoms with E-state index < -0.39 is 0 Å². The Labute approximate surface area is 113 Å². The highest BCUT2D eigenvalue weighted by molar-refractivity contribution is 5.51. The Bertz CT molecular complexity index is 532. The Morgan fingerprint density at radius 1 is 1.11 bits per heavy atom. The Morgan fingerprint density at radius 2 is 1.79 bits per heavy atom. The van der Waals surface area contributed by atoms with Gasteiger partial charge in [0.1, 0.15) is 18.1 Å². The Balaban J connectivity index is 1.96. The van der Waals surface area contributed by atoms with Gasteiger partial charge in [0.15, 0.2) is 0 Å². The van der Waals surface area contributed by atoms with Gasteiger partial charge >= 0.3 is 0 Å². The summed E-state index contributed by atoms with van der Waals surface area (Å²) < 4.78 is 5.70. The molecular formula is C16H18NO2+. The summed E-state index contributed by atoms with van der Waals surface area (Å²) in [6.45, 7) is 2.42. The van der Waals surface area contributed by atoms with Gasteiger partial charge in [-0.1, -0.05) is 42.5 Å². The number of benzene rings is 2. The Hall–Kier alpha value is -2.10. The average molecular weight is 256 g/mol. The lowest BCUT2D eigenvalue weighted by atomic mass is 10.2. The maximum Gasteiger partial charge on any atom is 0.135 e. The van der Waals surface area contributed by atoms with Crippen LogP contribution in [0.15, 0.2) is 60.3 Å². The van der Waals surface area contributed by atoms with Gasteiger partial charge in [-0.3, -0.25) is 0 Å². The van der Waals surface area contributed by atoms with Crippen LogP contribution in [0.2, 0.25) is 0 Å². The maximum atomic E-state index is 8.84. The summed E-state index contributed by atoms with van der Waals surface area (Å²) in [4.78, 5) is 0. The van der Waals surface area contributed by atoms with E-state index in [1.165, 1.54) is 0 Å². The van der Waals surface area contributed by atoms with Crippen molar-refractivity contribution in [2.45, 2.75) is 13.5 Å². The largest absolute Gasteiger partial charge is 0.489 e. The van der Waals surface area contributed by atoms with Crippen LogP contribution >= 0.6 is 0 Å². The predicted molar refractivity (Wildman–Crippen MR) is 74.6 cm³/mol. The van der Waals surface area contributed by atoms with Gasteiger partial charge in [0, 0.05) is 13.0 Å². The lowest BCUT2D eigenvalue weighted by Gasteiger charge is -2.06. The van der Waals surface area contributed by atoms with E-state index in [-0.39, 0.29) is 0 Å². The Morgan fingerprint density at radius 3 is 2.42 bits per heavy atom. The molecule has 0 heterocycles. The molecule has 3 nitrogen and oxygen atoms in total. The van der Waals surface area contributed by atoms with Crippen LogP contribution in [-0.2, 0) is 6.61 Å². The molecule has 0 aliphatic carbocycles. The number of ether oxygens (including phenoxy) is 1. The van der Waals surface area contributed by atoms with Crippen molar-refractivity contribution >= 4 is 6.08 Å². The number of rotatable bonds is 5. The van der Waals surface area contributed by atoms with Crippen LogP contribution < -0.4 is 10.2 Å². The monoisotopic (exact) mass is 256 g/mol. The van der Waals surface area contributed by atoms with Crippen molar-refractivity contribution in [2.75, 3.05) is 0 Å². The molecule has 0 atom stereocenters. The topological polar surface area (TPSA) is 46.1 Å². The van der Waals surface area contributed by atoms with Crippen molar-refractivity contribution in [3.8, 4) is 5.75 Å². The summed E-state index contributed by atoms with van der Waals surface area (Å²) in [6.07, 6.45) is 1.90. The molecule has 2 aromatic rings. The first-order chi connectivity index (χ1) is 9.28. The Kier molecular flexibility index (Phi) is 4.72. The van der Waals surface area contributed by atoms with Crippen molar-refractivity contribution in [2.24, 2.45) is 0 Å². The summed E-state index contributed by atoms with van der Waals surface area (Å²) in [5, 5.41) is 8.84. The van der Waals surface area contributed by atoms with Gasteiger partial charge in [-0.15, -0.1) is 0 Å². The molecule has 0 aliphatic rings. The molecule has 19 heavy (non-hydrogen) atoms. The first kappa shape index (κ1) is 13.3. The molecule has 0 radical (unpaired) electrons. The number of hydroxylamine groups is 1. The average Bonchev–Trinajstić information content (AvgIpc) is 2.47. The fourth-order valence-electron chi connectivity index (χ4n) is 1.70. The molecule has 3 N–H and O–H groups in total. The summed E-state index contributed by atoms with van der Waals surface area (Å²) >= 11 is 0. The van der Waals surface area contributed by atoms with Crippen LogP contribution in [0.3, 0.4) is 0 Å². The molecule has 0 fully saturated rings. The molecule has 2 aromatic carbocycles. The smallest absolute Gasteiger partial charge is 0.135 e. The number of quaternary nitrogens is 1. The highest BCUT2D eigenvalue weighted by atomic mass is 16.5. The third kappa shape index (κ3) is 4.25. The molecule has 0 aliphatic heterocycles. The molecule has 0 spiro atoms. The van der Waals surface area contributed by atoms with E-state index >= 15 is 0 Å². The summed E-state index contributed by atoms with van der Waals surface area (Å²) in [7, 11) is 0. The van der Waals surface area contributed by atoms with Crippen LogP contribution in [0.5, 0.6) is 5.75 Å². The summed E-state index contributed by atoms with van der Waals surface area (Å²) in [6, 6.07) is 17.9. The summed E-state index contributed by atoms with van der Waals surface area (Å²) in [5.74, 6) is 0.839. The quantitative estimate of drug-likeness (QED) is 0.808. The minimum Gasteiger partial charge on any atom is -0.489 e. The standard InChI is InChI=1S/C16H17NO2/c1-13(17-18)11-14-7-9-16(10-8-14)19-12-15-5-3-2-4-6-15/h2-11,17-18H,12H2,1H3/p+1/b13-11+. The minimum absolute atomic E-state index is 0.569. The van der Waals surface area contributed by atoms with Crippen molar-refractivity contribution < 1.29 is 15.4 Å². The van der Waals surface area contributed by atoms with Gasteiger partial charge in [0.2, 0.25) is 0 Å². The van der Waals surface area contributed by atoms with Gasteiger partial charge in [0.05, 0.1) is 0 Å². The van der Waals surface area contributed by atoms with E-state index in [1.807, 2.05) is 67.6 Å². The SMILES string of the molecule is C/C(=C\c1ccc(OCc2ccccc2)cc1)[NH2+]O. The van der Waals surface area contributed by atoms with Crippen LogP contribution in [0.25, 0.3) is 6.08 Å². The molecule has 3 heteroatoms. The summed E-state index contributed by atoms with van der Waals surface area (Å²) in [5.41, 5.74) is 4.10. The second kappa shape index (κ2) is 6.73. The molecular weight excluding hydrogens is 238 g/mol. The highest BCUT2D eigenvalue weighted by Gasteiger charge is 1.97. The maximum absolute atomic E-state index is 8.84. The van der Waals surface area contributed by atoms with Crippen LogP contribution in [0.1, 0.15) is 18.1 Å². The first-order valence-electron chi connectivity index (χ1n) is 6.20. The number of hydrogen-bond acceptors (Lipinski definition) is 2. The highest BCUT2D eigenvalue weighted by Crippen LogP contribution is 2.15. The van der Waals surface area contributed by atoms with E-state index in [0.29, 0.717) is 6.61 Å². The second-order valence-electron chi connectivity index (χ2n) is 4.36. The fraction of sp³-hybridized carbons (Fsp3) is 0.125. The van der Waals surface area contributed by atoms with Crippen molar-refractivity contribution in [3.63, 3.8) is 0 Å². The van der Waals surface area contributed by atoms with Gasteiger partial charge in [0.25, 0.3) is 0 Å².